The fourth-order valence-electron chi connectivity index (χ4n) is 4.13. The summed E-state index contributed by atoms with van der Waals surface area (Å²) in [6, 6.07) is 0. The predicted octanol–water partition coefficient (Wildman–Crippen LogP) is 1.45. The van der Waals surface area contributed by atoms with Crippen LogP contribution in [0.4, 0.5) is 0 Å². The monoisotopic (exact) mass is 257 g/mol. The maximum absolute atomic E-state index is 11.3. The molecule has 98 valence electrons. The van der Waals surface area contributed by atoms with E-state index in [9.17, 15) is 8.42 Å². The highest BCUT2D eigenvalue weighted by atomic mass is 32.2. The van der Waals surface area contributed by atoms with E-state index in [2.05, 4.69) is 5.32 Å². The molecule has 3 rings (SSSR count). The van der Waals surface area contributed by atoms with Crippen molar-refractivity contribution in [1.29, 1.82) is 0 Å². The number of rotatable bonds is 4. The predicted molar refractivity (Wildman–Crippen MR) is 68.6 cm³/mol. The fraction of sp³-hybridized carbons (Fsp3) is 1.00. The molecule has 3 fully saturated rings. The average molecular weight is 257 g/mol. The SMILES string of the molecule is O=S1(=O)CCC(CNCC2CC3CCC2C3)C1. The lowest BCUT2D eigenvalue weighted by molar-refractivity contribution is 0.313. The van der Waals surface area contributed by atoms with Crippen molar-refractivity contribution in [3.05, 3.63) is 0 Å². The zero-order valence-corrected chi connectivity index (χ0v) is 11.2. The molecule has 4 unspecified atom stereocenters. The summed E-state index contributed by atoms with van der Waals surface area (Å²) in [5.41, 5.74) is 0. The average Bonchev–Trinajstić information content (AvgIpc) is 2.93. The van der Waals surface area contributed by atoms with E-state index in [1.165, 1.54) is 25.7 Å². The van der Waals surface area contributed by atoms with Crippen LogP contribution in [0.25, 0.3) is 0 Å². The summed E-state index contributed by atoms with van der Waals surface area (Å²) in [6.45, 7) is 2.03. The summed E-state index contributed by atoms with van der Waals surface area (Å²) in [6.07, 6.45) is 6.65. The first-order valence-electron chi connectivity index (χ1n) is 7.03. The van der Waals surface area contributed by atoms with E-state index in [4.69, 9.17) is 0 Å². The highest BCUT2D eigenvalue weighted by molar-refractivity contribution is 7.91. The highest BCUT2D eigenvalue weighted by Gasteiger charge is 2.39. The molecule has 1 aliphatic heterocycles. The maximum atomic E-state index is 11.3. The number of hydrogen-bond acceptors (Lipinski definition) is 3. The first-order valence-corrected chi connectivity index (χ1v) is 8.85. The molecule has 1 N–H and O–H groups in total. The Morgan fingerprint density at radius 1 is 1.06 bits per heavy atom. The minimum atomic E-state index is -2.69. The summed E-state index contributed by atoms with van der Waals surface area (Å²) >= 11 is 0. The Balaban J connectivity index is 1.39. The van der Waals surface area contributed by atoms with E-state index < -0.39 is 9.84 Å². The van der Waals surface area contributed by atoms with Crippen LogP contribution in [0.1, 0.15) is 32.1 Å². The minimum Gasteiger partial charge on any atom is -0.316 e. The van der Waals surface area contributed by atoms with Gasteiger partial charge in [-0.1, -0.05) is 6.42 Å². The van der Waals surface area contributed by atoms with E-state index in [1.807, 2.05) is 0 Å². The van der Waals surface area contributed by atoms with Gasteiger partial charge in [0.1, 0.15) is 0 Å². The Labute approximate surface area is 104 Å². The van der Waals surface area contributed by atoms with Crippen molar-refractivity contribution in [2.24, 2.45) is 23.7 Å². The first-order chi connectivity index (χ1) is 8.12. The van der Waals surface area contributed by atoms with Gasteiger partial charge in [0, 0.05) is 0 Å². The minimum absolute atomic E-state index is 0.374. The number of nitrogens with one attached hydrogen (secondary N) is 1. The van der Waals surface area contributed by atoms with Crippen LogP contribution in [-0.4, -0.2) is 33.0 Å². The van der Waals surface area contributed by atoms with Crippen molar-refractivity contribution in [2.45, 2.75) is 32.1 Å². The van der Waals surface area contributed by atoms with Crippen molar-refractivity contribution in [3.8, 4) is 0 Å². The van der Waals surface area contributed by atoms with Crippen LogP contribution in [0, 0.1) is 23.7 Å². The Hall–Kier alpha value is -0.0900. The van der Waals surface area contributed by atoms with Gasteiger partial charge in [0.05, 0.1) is 11.5 Å². The van der Waals surface area contributed by atoms with Crippen molar-refractivity contribution < 1.29 is 8.42 Å². The molecule has 0 aromatic rings. The molecule has 1 saturated heterocycles. The van der Waals surface area contributed by atoms with Gasteiger partial charge in [-0.25, -0.2) is 8.42 Å². The molecule has 0 radical (unpaired) electrons. The second kappa shape index (κ2) is 4.54. The van der Waals surface area contributed by atoms with E-state index in [1.54, 1.807) is 0 Å². The summed E-state index contributed by atoms with van der Waals surface area (Å²) in [5, 5.41) is 3.53. The van der Waals surface area contributed by atoms with Gasteiger partial charge in [-0.05, 0) is 62.4 Å². The van der Waals surface area contributed by atoms with Gasteiger partial charge in [0.25, 0.3) is 0 Å². The van der Waals surface area contributed by atoms with Gasteiger partial charge in [-0.2, -0.15) is 0 Å². The molecule has 0 aromatic heterocycles. The van der Waals surface area contributed by atoms with E-state index >= 15 is 0 Å². The zero-order chi connectivity index (χ0) is 11.9. The van der Waals surface area contributed by atoms with Gasteiger partial charge in [0.2, 0.25) is 0 Å². The highest BCUT2D eigenvalue weighted by Crippen LogP contribution is 2.47. The van der Waals surface area contributed by atoms with Gasteiger partial charge in [-0.15, -0.1) is 0 Å². The fourth-order valence-corrected chi connectivity index (χ4v) is 5.99. The molecule has 2 saturated carbocycles. The van der Waals surface area contributed by atoms with E-state index in [0.29, 0.717) is 17.4 Å². The van der Waals surface area contributed by atoms with Gasteiger partial charge < -0.3 is 5.32 Å². The summed E-state index contributed by atoms with van der Waals surface area (Å²) in [4.78, 5) is 0. The first kappa shape index (κ1) is 12.0. The van der Waals surface area contributed by atoms with E-state index in [-0.39, 0.29) is 0 Å². The zero-order valence-electron chi connectivity index (χ0n) is 10.4. The number of hydrogen-bond donors (Lipinski definition) is 1. The molecule has 17 heavy (non-hydrogen) atoms. The molecule has 1 heterocycles. The van der Waals surface area contributed by atoms with Crippen LogP contribution in [-0.2, 0) is 9.84 Å². The molecule has 3 nitrogen and oxygen atoms in total. The van der Waals surface area contributed by atoms with E-state index in [0.717, 1.165) is 37.3 Å². The quantitative estimate of drug-likeness (QED) is 0.829. The maximum Gasteiger partial charge on any atom is 0.150 e. The molecule has 0 amide bonds. The molecular weight excluding hydrogens is 234 g/mol. The standard InChI is InChI=1S/C13H23NO2S/c15-17(16)4-3-11(9-17)7-14-8-13-6-10-1-2-12(13)5-10/h10-14H,1-9H2. The van der Waals surface area contributed by atoms with Crippen LogP contribution in [0.3, 0.4) is 0 Å². The third-order valence-electron chi connectivity index (χ3n) is 5.05. The lowest BCUT2D eigenvalue weighted by Crippen LogP contribution is -2.30. The van der Waals surface area contributed by atoms with Crippen LogP contribution >= 0.6 is 0 Å². The van der Waals surface area contributed by atoms with Gasteiger partial charge >= 0.3 is 0 Å². The molecule has 2 aliphatic carbocycles. The lowest BCUT2D eigenvalue weighted by atomic mass is 9.89. The van der Waals surface area contributed by atoms with Crippen molar-refractivity contribution in [3.63, 3.8) is 0 Å². The Kier molecular flexibility index (Phi) is 3.20. The number of sulfone groups is 1. The Morgan fingerprint density at radius 2 is 1.94 bits per heavy atom. The van der Waals surface area contributed by atoms with Crippen LogP contribution in [0.5, 0.6) is 0 Å². The second-order valence-corrected chi connectivity index (χ2v) is 8.59. The summed E-state index contributed by atoms with van der Waals surface area (Å²) in [7, 11) is -2.69. The van der Waals surface area contributed by atoms with Crippen LogP contribution in [0.2, 0.25) is 0 Å². The van der Waals surface area contributed by atoms with Crippen LogP contribution in [0.15, 0.2) is 0 Å². The lowest BCUT2D eigenvalue weighted by Gasteiger charge is -2.22. The molecule has 3 aliphatic rings. The number of fused-ring (bicyclic) bond motifs is 2. The van der Waals surface area contributed by atoms with Crippen molar-refractivity contribution in [1.82, 2.24) is 5.32 Å². The topological polar surface area (TPSA) is 46.2 Å². The largest absolute Gasteiger partial charge is 0.316 e. The molecule has 0 spiro atoms. The van der Waals surface area contributed by atoms with Gasteiger partial charge in [0.15, 0.2) is 9.84 Å². The molecule has 0 aromatic carbocycles. The molecule has 4 atom stereocenters. The summed E-state index contributed by atoms with van der Waals surface area (Å²) < 4.78 is 22.7. The second-order valence-electron chi connectivity index (χ2n) is 6.36. The van der Waals surface area contributed by atoms with Crippen LogP contribution < -0.4 is 5.32 Å². The van der Waals surface area contributed by atoms with Crippen molar-refractivity contribution in [2.75, 3.05) is 24.6 Å². The molecule has 4 heteroatoms. The smallest absolute Gasteiger partial charge is 0.150 e. The Bertz CT molecular complexity index is 379. The third-order valence-corrected chi connectivity index (χ3v) is 6.89. The Morgan fingerprint density at radius 3 is 2.53 bits per heavy atom. The van der Waals surface area contributed by atoms with Crippen molar-refractivity contribution >= 4 is 9.84 Å². The van der Waals surface area contributed by atoms with Gasteiger partial charge in [-0.3, -0.25) is 0 Å². The third kappa shape index (κ3) is 2.68. The molecule has 2 bridgehead atoms. The summed E-state index contributed by atoms with van der Waals surface area (Å²) in [5.74, 6) is 4.06. The molecular formula is C13H23NO2S. The normalized spacial score (nSPS) is 43.3.